The van der Waals surface area contributed by atoms with Crippen LogP contribution in [0.1, 0.15) is 39.2 Å². The van der Waals surface area contributed by atoms with E-state index in [1.54, 1.807) is 21.0 Å². The van der Waals surface area contributed by atoms with Crippen LogP contribution < -0.4 is 4.74 Å². The summed E-state index contributed by atoms with van der Waals surface area (Å²) in [6, 6.07) is 7.33. The second kappa shape index (κ2) is 6.54. The average molecular weight is 317 g/mol. The molecule has 0 aromatic heterocycles. The number of aliphatic imine (C=N–C) groups is 1. The number of hydrogen-bond donors (Lipinski definition) is 2. The third-order valence-corrected chi connectivity index (χ3v) is 4.57. The Hall–Kier alpha value is -2.14. The lowest BCUT2D eigenvalue weighted by Crippen LogP contribution is -2.47. The molecule has 23 heavy (non-hydrogen) atoms. The molecule has 1 aliphatic rings. The molecule has 0 fully saturated rings. The SMILES string of the molecule is CCCC1=NC(c2ccc(OC)cc2)=C(C)C(C)(C(=O)O)C1O. The Morgan fingerprint density at radius 1 is 1.35 bits per heavy atom. The number of aliphatic hydroxyl groups is 1. The zero-order valence-electron chi connectivity index (χ0n) is 14.0. The van der Waals surface area contributed by atoms with Crippen LogP contribution in [0.25, 0.3) is 5.70 Å². The molecule has 2 rings (SSSR count). The van der Waals surface area contributed by atoms with Crippen molar-refractivity contribution in [1.82, 2.24) is 0 Å². The quantitative estimate of drug-likeness (QED) is 0.874. The van der Waals surface area contributed by atoms with Gasteiger partial charge in [-0.1, -0.05) is 13.3 Å². The zero-order valence-corrected chi connectivity index (χ0v) is 14.0. The van der Waals surface area contributed by atoms with Crippen LogP contribution in [-0.4, -0.2) is 35.1 Å². The number of ether oxygens (including phenoxy) is 1. The molecule has 124 valence electrons. The molecular formula is C18H23NO4. The van der Waals surface area contributed by atoms with Crippen LogP contribution in [0, 0.1) is 5.41 Å². The van der Waals surface area contributed by atoms with Gasteiger partial charge in [0.15, 0.2) is 0 Å². The first kappa shape index (κ1) is 17.2. The summed E-state index contributed by atoms with van der Waals surface area (Å²) >= 11 is 0. The molecule has 0 saturated heterocycles. The molecule has 2 unspecified atom stereocenters. The molecule has 5 heteroatoms. The maximum Gasteiger partial charge on any atom is 0.316 e. The van der Waals surface area contributed by atoms with E-state index in [1.165, 1.54) is 0 Å². The molecule has 0 radical (unpaired) electrons. The first-order valence-corrected chi connectivity index (χ1v) is 7.70. The van der Waals surface area contributed by atoms with Gasteiger partial charge in [-0.05, 0) is 50.1 Å². The summed E-state index contributed by atoms with van der Waals surface area (Å²) < 4.78 is 5.15. The minimum Gasteiger partial charge on any atom is -0.497 e. The van der Waals surface area contributed by atoms with Gasteiger partial charge in [0.25, 0.3) is 0 Å². The highest BCUT2D eigenvalue weighted by molar-refractivity contribution is 6.02. The van der Waals surface area contributed by atoms with Crippen molar-refractivity contribution in [3.63, 3.8) is 0 Å². The van der Waals surface area contributed by atoms with E-state index >= 15 is 0 Å². The molecule has 0 amide bonds. The van der Waals surface area contributed by atoms with Crippen LogP contribution in [-0.2, 0) is 4.79 Å². The van der Waals surface area contributed by atoms with Crippen molar-refractivity contribution in [2.24, 2.45) is 10.4 Å². The molecule has 1 aromatic rings. The number of nitrogens with zero attached hydrogens (tertiary/aromatic N) is 1. The Kier molecular flexibility index (Phi) is 4.90. The fraction of sp³-hybridized carbons (Fsp3) is 0.444. The maximum atomic E-state index is 11.9. The Morgan fingerprint density at radius 3 is 2.43 bits per heavy atom. The lowest BCUT2D eigenvalue weighted by atomic mass is 9.72. The third kappa shape index (κ3) is 2.88. The molecule has 0 aliphatic carbocycles. The molecule has 1 aromatic carbocycles. The fourth-order valence-corrected chi connectivity index (χ4v) is 2.83. The first-order valence-electron chi connectivity index (χ1n) is 7.70. The molecule has 0 saturated carbocycles. The van der Waals surface area contributed by atoms with Crippen LogP contribution in [0.3, 0.4) is 0 Å². The minimum atomic E-state index is -1.37. The summed E-state index contributed by atoms with van der Waals surface area (Å²) in [5.41, 5.74) is 1.14. The molecule has 1 heterocycles. The van der Waals surface area contributed by atoms with E-state index in [-0.39, 0.29) is 0 Å². The number of carboxylic acid groups (broad SMARTS) is 1. The number of methoxy groups -OCH3 is 1. The van der Waals surface area contributed by atoms with Crippen LogP contribution in [0.5, 0.6) is 5.75 Å². The molecule has 1 aliphatic heterocycles. The normalized spacial score (nSPS) is 24.4. The summed E-state index contributed by atoms with van der Waals surface area (Å²) in [7, 11) is 1.59. The second-order valence-corrected chi connectivity index (χ2v) is 5.97. The molecule has 2 N–H and O–H groups in total. The Labute approximate surface area is 136 Å². The average Bonchev–Trinajstić information content (AvgIpc) is 2.55. The topological polar surface area (TPSA) is 79.1 Å². The smallest absolute Gasteiger partial charge is 0.316 e. The lowest BCUT2D eigenvalue weighted by Gasteiger charge is -2.36. The van der Waals surface area contributed by atoms with Crippen molar-refractivity contribution >= 4 is 17.4 Å². The van der Waals surface area contributed by atoms with Crippen molar-refractivity contribution in [3.05, 3.63) is 35.4 Å². The number of hydrogen-bond acceptors (Lipinski definition) is 4. The van der Waals surface area contributed by atoms with Gasteiger partial charge in [-0.15, -0.1) is 0 Å². The van der Waals surface area contributed by atoms with E-state index in [9.17, 15) is 15.0 Å². The molecular weight excluding hydrogens is 294 g/mol. The molecule has 5 nitrogen and oxygen atoms in total. The van der Waals surface area contributed by atoms with E-state index in [0.717, 1.165) is 17.7 Å². The number of benzene rings is 1. The van der Waals surface area contributed by atoms with Crippen molar-refractivity contribution < 1.29 is 19.7 Å². The fourth-order valence-electron chi connectivity index (χ4n) is 2.83. The van der Waals surface area contributed by atoms with Gasteiger partial charge < -0.3 is 14.9 Å². The van der Waals surface area contributed by atoms with Gasteiger partial charge in [0, 0.05) is 11.3 Å². The Balaban J connectivity index is 2.60. The van der Waals surface area contributed by atoms with Crippen LogP contribution in [0.4, 0.5) is 0 Å². The largest absolute Gasteiger partial charge is 0.497 e. The highest BCUT2D eigenvalue weighted by atomic mass is 16.5. The highest BCUT2D eigenvalue weighted by Crippen LogP contribution is 2.42. The van der Waals surface area contributed by atoms with Crippen LogP contribution in [0.15, 0.2) is 34.8 Å². The standard InChI is InChI=1S/C18H23NO4/c1-5-6-14-16(20)18(3,17(21)22)11(2)15(19-14)12-7-9-13(23-4)10-8-12/h7-10,16,20H,5-6H2,1-4H3,(H,21,22). The van der Waals surface area contributed by atoms with Gasteiger partial charge >= 0.3 is 5.97 Å². The van der Waals surface area contributed by atoms with Gasteiger partial charge in [-0.3, -0.25) is 9.79 Å². The van der Waals surface area contributed by atoms with E-state index in [0.29, 0.717) is 23.4 Å². The number of rotatable bonds is 5. The summed E-state index contributed by atoms with van der Waals surface area (Å²) in [4.78, 5) is 16.4. The molecule has 0 spiro atoms. The van der Waals surface area contributed by atoms with Gasteiger partial charge in [0.1, 0.15) is 17.3 Å². The zero-order chi connectivity index (χ0) is 17.2. The monoisotopic (exact) mass is 317 g/mol. The highest BCUT2D eigenvalue weighted by Gasteiger charge is 2.48. The van der Waals surface area contributed by atoms with Gasteiger partial charge in [0.2, 0.25) is 0 Å². The van der Waals surface area contributed by atoms with Gasteiger partial charge in [-0.25, -0.2) is 0 Å². The second-order valence-electron chi connectivity index (χ2n) is 5.97. The Bertz CT molecular complexity index is 660. The third-order valence-electron chi connectivity index (χ3n) is 4.57. The van der Waals surface area contributed by atoms with Crippen molar-refractivity contribution in [2.75, 3.05) is 7.11 Å². The number of carbonyl (C=O) groups is 1. The lowest BCUT2D eigenvalue weighted by molar-refractivity contribution is -0.149. The maximum absolute atomic E-state index is 11.9. The summed E-state index contributed by atoms with van der Waals surface area (Å²) in [5.74, 6) is -0.321. The summed E-state index contributed by atoms with van der Waals surface area (Å²) in [6.07, 6.45) is 0.249. The van der Waals surface area contributed by atoms with Gasteiger partial charge in [-0.2, -0.15) is 0 Å². The van der Waals surface area contributed by atoms with Gasteiger partial charge in [0.05, 0.1) is 12.8 Å². The number of aliphatic carboxylic acids is 1. The minimum absolute atomic E-state index is 0.522. The predicted molar refractivity (Wildman–Crippen MR) is 89.7 cm³/mol. The van der Waals surface area contributed by atoms with Crippen molar-refractivity contribution in [1.29, 1.82) is 0 Å². The van der Waals surface area contributed by atoms with Crippen molar-refractivity contribution in [3.8, 4) is 5.75 Å². The molecule has 0 bridgehead atoms. The first-order chi connectivity index (χ1) is 10.9. The Morgan fingerprint density at radius 2 is 1.96 bits per heavy atom. The van der Waals surface area contributed by atoms with Crippen molar-refractivity contribution in [2.45, 2.75) is 39.7 Å². The summed E-state index contributed by atoms with van der Waals surface area (Å²) in [5, 5.41) is 20.2. The number of carboxylic acids is 1. The van der Waals surface area contributed by atoms with E-state index in [2.05, 4.69) is 4.99 Å². The van der Waals surface area contributed by atoms with Crippen LogP contribution >= 0.6 is 0 Å². The van der Waals surface area contributed by atoms with Crippen LogP contribution in [0.2, 0.25) is 0 Å². The van der Waals surface area contributed by atoms with E-state index < -0.39 is 17.5 Å². The predicted octanol–water partition coefficient (Wildman–Crippen LogP) is 3.13. The molecule has 2 atom stereocenters. The number of aliphatic hydroxyl groups excluding tert-OH is 1. The van der Waals surface area contributed by atoms with E-state index in [4.69, 9.17) is 4.74 Å². The summed E-state index contributed by atoms with van der Waals surface area (Å²) in [6.45, 7) is 5.26. The van der Waals surface area contributed by atoms with E-state index in [1.807, 2.05) is 31.2 Å².